The van der Waals surface area contributed by atoms with E-state index in [1.807, 2.05) is 0 Å². The molecule has 0 aliphatic carbocycles. The summed E-state index contributed by atoms with van der Waals surface area (Å²) in [5, 5.41) is 0. The van der Waals surface area contributed by atoms with Gasteiger partial charge >= 0.3 is 6.18 Å². The van der Waals surface area contributed by atoms with E-state index in [9.17, 15) is 13.2 Å². The van der Waals surface area contributed by atoms with Gasteiger partial charge < -0.3 is 10.5 Å². The van der Waals surface area contributed by atoms with Gasteiger partial charge in [-0.25, -0.2) is 0 Å². The first-order valence-electron chi connectivity index (χ1n) is 5.35. The van der Waals surface area contributed by atoms with Crippen LogP contribution in [-0.2, 0) is 4.74 Å². The monoisotopic (exact) mass is 227 g/mol. The summed E-state index contributed by atoms with van der Waals surface area (Å²) in [6, 6.07) is -0.0372. The molecule has 92 valence electrons. The standard InChI is InChI=1S/C10H20F3NO/c1-2-3-4-5-9(14)6-7-15-8-10(11,12)13/h9H,2-8,14H2,1H3. The Labute approximate surface area is 89.0 Å². The Bertz CT molecular complexity index is 150. The molecule has 0 saturated heterocycles. The normalized spacial score (nSPS) is 14.2. The Morgan fingerprint density at radius 2 is 1.87 bits per heavy atom. The predicted octanol–water partition coefficient (Wildman–Crippen LogP) is 2.86. The van der Waals surface area contributed by atoms with Crippen molar-refractivity contribution < 1.29 is 17.9 Å². The fourth-order valence-corrected chi connectivity index (χ4v) is 1.22. The van der Waals surface area contributed by atoms with E-state index in [1.165, 1.54) is 0 Å². The minimum Gasteiger partial charge on any atom is -0.372 e. The molecule has 2 nitrogen and oxygen atoms in total. The average Bonchev–Trinajstić information content (AvgIpc) is 2.11. The Kier molecular flexibility index (Phi) is 7.78. The molecule has 0 radical (unpaired) electrons. The average molecular weight is 227 g/mol. The second-order valence-electron chi connectivity index (χ2n) is 3.71. The molecule has 0 aliphatic heterocycles. The van der Waals surface area contributed by atoms with Gasteiger partial charge in [0.15, 0.2) is 0 Å². The zero-order chi connectivity index (χ0) is 11.7. The van der Waals surface area contributed by atoms with Crippen LogP contribution in [0.4, 0.5) is 13.2 Å². The smallest absolute Gasteiger partial charge is 0.372 e. The quantitative estimate of drug-likeness (QED) is 0.647. The van der Waals surface area contributed by atoms with Crippen LogP contribution < -0.4 is 5.73 Å². The van der Waals surface area contributed by atoms with Crippen LogP contribution >= 0.6 is 0 Å². The molecule has 1 atom stereocenters. The van der Waals surface area contributed by atoms with Crippen LogP contribution in [0.2, 0.25) is 0 Å². The molecule has 0 aromatic rings. The SMILES string of the molecule is CCCCCC(N)CCOCC(F)(F)F. The summed E-state index contributed by atoms with van der Waals surface area (Å²) in [4.78, 5) is 0. The number of alkyl halides is 3. The zero-order valence-corrected chi connectivity index (χ0v) is 9.15. The van der Waals surface area contributed by atoms with Crippen molar-refractivity contribution in [2.24, 2.45) is 5.73 Å². The number of unbranched alkanes of at least 4 members (excludes halogenated alkanes) is 2. The van der Waals surface area contributed by atoms with Gasteiger partial charge in [0, 0.05) is 12.6 Å². The van der Waals surface area contributed by atoms with Gasteiger partial charge in [0.2, 0.25) is 0 Å². The molecular formula is C10H20F3NO. The summed E-state index contributed by atoms with van der Waals surface area (Å²) in [5.74, 6) is 0. The van der Waals surface area contributed by atoms with E-state index in [4.69, 9.17) is 5.73 Å². The number of rotatable bonds is 8. The number of hydrogen-bond donors (Lipinski definition) is 1. The minimum absolute atomic E-state index is 0.0372. The third-order valence-corrected chi connectivity index (χ3v) is 2.08. The highest BCUT2D eigenvalue weighted by Crippen LogP contribution is 2.14. The lowest BCUT2D eigenvalue weighted by molar-refractivity contribution is -0.174. The van der Waals surface area contributed by atoms with Crippen molar-refractivity contribution in [2.75, 3.05) is 13.2 Å². The van der Waals surface area contributed by atoms with Crippen molar-refractivity contribution in [1.82, 2.24) is 0 Å². The van der Waals surface area contributed by atoms with Gasteiger partial charge in [0.1, 0.15) is 6.61 Å². The maximum atomic E-state index is 11.7. The van der Waals surface area contributed by atoms with Crippen LogP contribution in [0, 0.1) is 0 Å². The van der Waals surface area contributed by atoms with Crippen LogP contribution in [0.3, 0.4) is 0 Å². The first-order chi connectivity index (χ1) is 6.95. The van der Waals surface area contributed by atoms with Crippen molar-refractivity contribution in [1.29, 1.82) is 0 Å². The third-order valence-electron chi connectivity index (χ3n) is 2.08. The van der Waals surface area contributed by atoms with Crippen molar-refractivity contribution in [3.63, 3.8) is 0 Å². The fourth-order valence-electron chi connectivity index (χ4n) is 1.22. The molecule has 5 heteroatoms. The summed E-state index contributed by atoms with van der Waals surface area (Å²) in [7, 11) is 0. The Hall–Kier alpha value is -0.290. The van der Waals surface area contributed by atoms with Crippen LogP contribution in [0.5, 0.6) is 0 Å². The van der Waals surface area contributed by atoms with E-state index < -0.39 is 12.8 Å². The molecule has 1 unspecified atom stereocenters. The van der Waals surface area contributed by atoms with Gasteiger partial charge in [-0.3, -0.25) is 0 Å². The summed E-state index contributed by atoms with van der Waals surface area (Å²) in [5.41, 5.74) is 5.70. The van der Waals surface area contributed by atoms with E-state index in [-0.39, 0.29) is 12.6 Å². The first-order valence-corrected chi connectivity index (χ1v) is 5.35. The fraction of sp³-hybridized carbons (Fsp3) is 1.00. The number of ether oxygens (including phenoxy) is 1. The van der Waals surface area contributed by atoms with Crippen molar-refractivity contribution >= 4 is 0 Å². The van der Waals surface area contributed by atoms with Crippen LogP contribution in [0.1, 0.15) is 39.0 Å². The van der Waals surface area contributed by atoms with Crippen molar-refractivity contribution in [3.8, 4) is 0 Å². The minimum atomic E-state index is -4.23. The molecule has 0 saturated carbocycles. The molecule has 2 N–H and O–H groups in total. The maximum Gasteiger partial charge on any atom is 0.411 e. The molecule has 0 amide bonds. The highest BCUT2D eigenvalue weighted by Gasteiger charge is 2.27. The highest BCUT2D eigenvalue weighted by atomic mass is 19.4. The first kappa shape index (κ1) is 14.7. The summed E-state index contributed by atoms with van der Waals surface area (Å²) in [6.07, 6.45) is 0.417. The van der Waals surface area contributed by atoms with Gasteiger partial charge in [-0.15, -0.1) is 0 Å². The highest BCUT2D eigenvalue weighted by molar-refractivity contribution is 4.60. The summed E-state index contributed by atoms with van der Waals surface area (Å²) >= 11 is 0. The van der Waals surface area contributed by atoms with Crippen LogP contribution in [0.25, 0.3) is 0 Å². The van der Waals surface area contributed by atoms with Gasteiger partial charge in [0.25, 0.3) is 0 Å². The lowest BCUT2D eigenvalue weighted by atomic mass is 10.1. The molecule has 0 aliphatic rings. The summed E-state index contributed by atoms with van der Waals surface area (Å²) in [6.45, 7) is 1.01. The molecule has 0 heterocycles. The van der Waals surface area contributed by atoms with E-state index in [2.05, 4.69) is 11.7 Å². The van der Waals surface area contributed by atoms with Crippen LogP contribution in [-0.4, -0.2) is 25.4 Å². The second kappa shape index (κ2) is 7.93. The van der Waals surface area contributed by atoms with Gasteiger partial charge in [0.05, 0.1) is 0 Å². The number of halogens is 3. The van der Waals surface area contributed by atoms with Crippen molar-refractivity contribution in [3.05, 3.63) is 0 Å². The number of nitrogens with two attached hydrogens (primary N) is 1. The second-order valence-corrected chi connectivity index (χ2v) is 3.71. The molecule has 15 heavy (non-hydrogen) atoms. The van der Waals surface area contributed by atoms with Gasteiger partial charge in [-0.1, -0.05) is 26.2 Å². The molecule has 0 bridgehead atoms. The Balaban J connectivity index is 3.27. The predicted molar refractivity (Wildman–Crippen MR) is 53.6 cm³/mol. The zero-order valence-electron chi connectivity index (χ0n) is 9.15. The van der Waals surface area contributed by atoms with Crippen molar-refractivity contribution in [2.45, 2.75) is 51.2 Å². The molecule has 0 rings (SSSR count). The third kappa shape index (κ3) is 11.6. The van der Waals surface area contributed by atoms with Crippen LogP contribution in [0.15, 0.2) is 0 Å². The van der Waals surface area contributed by atoms with E-state index >= 15 is 0 Å². The lowest BCUT2D eigenvalue weighted by Gasteiger charge is -2.12. The number of hydrogen-bond acceptors (Lipinski definition) is 2. The molecular weight excluding hydrogens is 207 g/mol. The van der Waals surface area contributed by atoms with E-state index in [1.54, 1.807) is 0 Å². The van der Waals surface area contributed by atoms with Gasteiger partial charge in [-0.2, -0.15) is 13.2 Å². The molecule has 0 aromatic heterocycles. The Morgan fingerprint density at radius 3 is 2.40 bits per heavy atom. The molecule has 0 fully saturated rings. The molecule has 0 spiro atoms. The molecule has 0 aromatic carbocycles. The Morgan fingerprint density at radius 1 is 1.20 bits per heavy atom. The summed E-state index contributed by atoms with van der Waals surface area (Å²) < 4.78 is 39.5. The van der Waals surface area contributed by atoms with E-state index in [0.717, 1.165) is 25.7 Å². The van der Waals surface area contributed by atoms with E-state index in [0.29, 0.717) is 6.42 Å². The maximum absolute atomic E-state index is 11.7. The topological polar surface area (TPSA) is 35.2 Å². The lowest BCUT2D eigenvalue weighted by Crippen LogP contribution is -2.24. The van der Waals surface area contributed by atoms with Gasteiger partial charge in [-0.05, 0) is 12.8 Å². The largest absolute Gasteiger partial charge is 0.411 e.